The Morgan fingerprint density at radius 2 is 2.11 bits per heavy atom. The molecule has 2 aromatic rings. The highest BCUT2D eigenvalue weighted by Crippen LogP contribution is 2.27. The number of carbonyl (C=O) groups excluding carboxylic acids is 1. The van der Waals surface area contributed by atoms with Crippen LogP contribution < -0.4 is 15.8 Å². The first-order valence-corrected chi connectivity index (χ1v) is 6.13. The van der Waals surface area contributed by atoms with Gasteiger partial charge in [0.1, 0.15) is 11.6 Å². The number of nitrogens with one attached hydrogen (secondary N) is 1. The molecule has 0 saturated carbocycles. The maximum atomic E-state index is 12.0. The quantitative estimate of drug-likeness (QED) is 0.902. The third kappa shape index (κ3) is 3.19. The maximum absolute atomic E-state index is 12.0. The normalized spacial score (nSPS) is 10.0. The predicted octanol–water partition coefficient (Wildman–Crippen LogP) is 2.08. The highest BCUT2D eigenvalue weighted by atomic mass is 79.9. The zero-order valence-electron chi connectivity index (χ0n) is 10.1. The number of hydrogen-bond donors (Lipinski definition) is 2. The van der Waals surface area contributed by atoms with Crippen LogP contribution in [0.2, 0.25) is 0 Å². The molecule has 0 unspecified atom stereocenters. The molecule has 19 heavy (non-hydrogen) atoms. The standard InChI is InChI=1S/C12H11BrN4O2/c1-19-7-2-3-8(13)10(6-7)15-12(18)9-4-5-11(14)17-16-9/h2-6H,1H3,(H2,14,17)(H,15,18). The Morgan fingerprint density at radius 3 is 2.74 bits per heavy atom. The molecule has 0 aliphatic rings. The van der Waals surface area contributed by atoms with Gasteiger partial charge in [0.15, 0.2) is 5.69 Å². The van der Waals surface area contributed by atoms with Gasteiger partial charge in [-0.2, -0.15) is 0 Å². The fourth-order valence-corrected chi connectivity index (χ4v) is 1.72. The molecule has 0 radical (unpaired) electrons. The lowest BCUT2D eigenvalue weighted by molar-refractivity contribution is 0.102. The van der Waals surface area contributed by atoms with Crippen molar-refractivity contribution in [2.75, 3.05) is 18.2 Å². The summed E-state index contributed by atoms with van der Waals surface area (Å²) >= 11 is 3.35. The number of benzene rings is 1. The lowest BCUT2D eigenvalue weighted by Gasteiger charge is -2.08. The van der Waals surface area contributed by atoms with E-state index in [1.165, 1.54) is 12.1 Å². The van der Waals surface area contributed by atoms with Crippen molar-refractivity contribution < 1.29 is 9.53 Å². The van der Waals surface area contributed by atoms with Crippen molar-refractivity contribution in [2.24, 2.45) is 0 Å². The van der Waals surface area contributed by atoms with Gasteiger partial charge in [0, 0.05) is 10.5 Å². The van der Waals surface area contributed by atoms with Crippen molar-refractivity contribution in [1.82, 2.24) is 10.2 Å². The van der Waals surface area contributed by atoms with E-state index in [4.69, 9.17) is 10.5 Å². The molecular formula is C12H11BrN4O2. The third-order valence-corrected chi connectivity index (χ3v) is 3.03. The average Bonchev–Trinajstić information content (AvgIpc) is 2.42. The van der Waals surface area contributed by atoms with E-state index in [-0.39, 0.29) is 17.4 Å². The fourth-order valence-electron chi connectivity index (χ4n) is 1.38. The SMILES string of the molecule is COc1ccc(Br)c(NC(=O)c2ccc(N)nn2)c1. The second-order valence-electron chi connectivity index (χ2n) is 3.64. The lowest BCUT2D eigenvalue weighted by atomic mass is 10.3. The monoisotopic (exact) mass is 322 g/mol. The van der Waals surface area contributed by atoms with Crippen molar-refractivity contribution in [3.63, 3.8) is 0 Å². The molecule has 1 heterocycles. The second kappa shape index (κ2) is 5.66. The molecule has 0 atom stereocenters. The molecule has 1 aromatic heterocycles. The van der Waals surface area contributed by atoms with Gasteiger partial charge in [0.05, 0.1) is 12.8 Å². The van der Waals surface area contributed by atoms with E-state index in [9.17, 15) is 4.79 Å². The summed E-state index contributed by atoms with van der Waals surface area (Å²) in [4.78, 5) is 12.0. The molecule has 98 valence electrons. The minimum atomic E-state index is -0.374. The van der Waals surface area contributed by atoms with Crippen LogP contribution in [0.15, 0.2) is 34.8 Å². The summed E-state index contributed by atoms with van der Waals surface area (Å²) in [5, 5.41) is 10.1. The van der Waals surface area contributed by atoms with Crippen LogP contribution in [0, 0.1) is 0 Å². The van der Waals surface area contributed by atoms with Crippen molar-refractivity contribution in [3.8, 4) is 5.75 Å². The zero-order valence-corrected chi connectivity index (χ0v) is 11.6. The van der Waals surface area contributed by atoms with Gasteiger partial charge in [-0.15, -0.1) is 10.2 Å². The van der Waals surface area contributed by atoms with E-state index in [0.29, 0.717) is 11.4 Å². The Morgan fingerprint density at radius 1 is 1.32 bits per heavy atom. The van der Waals surface area contributed by atoms with E-state index in [2.05, 4.69) is 31.4 Å². The molecule has 0 spiro atoms. The number of nitrogen functional groups attached to an aromatic ring is 1. The molecule has 0 aliphatic heterocycles. The molecule has 7 heteroatoms. The molecule has 6 nitrogen and oxygen atoms in total. The van der Waals surface area contributed by atoms with Crippen molar-refractivity contribution in [3.05, 3.63) is 40.5 Å². The predicted molar refractivity (Wildman–Crippen MR) is 75.1 cm³/mol. The Hall–Kier alpha value is -2.15. The van der Waals surface area contributed by atoms with Crippen LogP contribution in [0.25, 0.3) is 0 Å². The summed E-state index contributed by atoms with van der Waals surface area (Å²) in [6, 6.07) is 8.28. The first-order valence-electron chi connectivity index (χ1n) is 5.34. The van der Waals surface area contributed by atoms with Crippen molar-refractivity contribution in [2.45, 2.75) is 0 Å². The molecule has 1 aromatic carbocycles. The van der Waals surface area contributed by atoms with Gasteiger partial charge in [-0.25, -0.2) is 0 Å². The van der Waals surface area contributed by atoms with Crippen molar-refractivity contribution in [1.29, 1.82) is 0 Å². The van der Waals surface area contributed by atoms with E-state index in [0.717, 1.165) is 4.47 Å². The molecular weight excluding hydrogens is 312 g/mol. The summed E-state index contributed by atoms with van der Waals surface area (Å²) in [7, 11) is 1.56. The average molecular weight is 323 g/mol. The van der Waals surface area contributed by atoms with Gasteiger partial charge in [-0.05, 0) is 40.2 Å². The maximum Gasteiger partial charge on any atom is 0.276 e. The largest absolute Gasteiger partial charge is 0.497 e. The number of ether oxygens (including phenoxy) is 1. The summed E-state index contributed by atoms with van der Waals surface area (Å²) < 4.78 is 5.84. The number of halogens is 1. The Kier molecular flexibility index (Phi) is 3.96. The topological polar surface area (TPSA) is 90.1 Å². The first-order chi connectivity index (χ1) is 9.10. The number of rotatable bonds is 3. The summed E-state index contributed by atoms with van der Waals surface area (Å²) in [6.07, 6.45) is 0. The van der Waals surface area contributed by atoms with Gasteiger partial charge >= 0.3 is 0 Å². The number of nitrogens with zero attached hydrogens (tertiary/aromatic N) is 2. The van der Waals surface area contributed by atoms with Crippen LogP contribution in [0.1, 0.15) is 10.5 Å². The number of aromatic nitrogens is 2. The number of anilines is 2. The lowest BCUT2D eigenvalue weighted by Crippen LogP contribution is -2.15. The zero-order chi connectivity index (χ0) is 13.8. The van der Waals surface area contributed by atoms with Crippen LogP contribution >= 0.6 is 15.9 Å². The van der Waals surface area contributed by atoms with E-state index in [1.54, 1.807) is 25.3 Å². The Balaban J connectivity index is 2.21. The third-order valence-electron chi connectivity index (χ3n) is 2.34. The molecule has 0 bridgehead atoms. The summed E-state index contributed by atoms with van der Waals surface area (Å²) in [5.74, 6) is 0.530. The van der Waals surface area contributed by atoms with Gasteiger partial charge in [0.25, 0.3) is 5.91 Å². The molecule has 0 saturated heterocycles. The smallest absolute Gasteiger partial charge is 0.276 e. The highest BCUT2D eigenvalue weighted by molar-refractivity contribution is 9.10. The van der Waals surface area contributed by atoms with Crippen LogP contribution in [0.5, 0.6) is 5.75 Å². The molecule has 1 amide bonds. The summed E-state index contributed by atoms with van der Waals surface area (Å²) in [5.41, 5.74) is 6.18. The Bertz CT molecular complexity index is 601. The number of methoxy groups -OCH3 is 1. The van der Waals surface area contributed by atoms with E-state index < -0.39 is 0 Å². The number of carbonyl (C=O) groups is 1. The van der Waals surface area contributed by atoms with Gasteiger partial charge in [-0.1, -0.05) is 0 Å². The van der Waals surface area contributed by atoms with Crippen LogP contribution in [-0.4, -0.2) is 23.2 Å². The molecule has 2 rings (SSSR count). The van der Waals surface area contributed by atoms with Crippen LogP contribution in [0.4, 0.5) is 11.5 Å². The first kappa shape index (κ1) is 13.3. The van der Waals surface area contributed by atoms with Gasteiger partial charge in [0.2, 0.25) is 0 Å². The number of amides is 1. The second-order valence-corrected chi connectivity index (χ2v) is 4.50. The van der Waals surface area contributed by atoms with Gasteiger partial charge < -0.3 is 15.8 Å². The van der Waals surface area contributed by atoms with Crippen LogP contribution in [0.3, 0.4) is 0 Å². The fraction of sp³-hybridized carbons (Fsp3) is 0.0833. The number of hydrogen-bond acceptors (Lipinski definition) is 5. The molecule has 3 N–H and O–H groups in total. The minimum Gasteiger partial charge on any atom is -0.497 e. The van der Waals surface area contributed by atoms with Crippen LogP contribution in [-0.2, 0) is 0 Å². The molecule has 0 aliphatic carbocycles. The van der Waals surface area contributed by atoms with Crippen molar-refractivity contribution >= 4 is 33.3 Å². The summed E-state index contributed by atoms with van der Waals surface area (Å²) in [6.45, 7) is 0. The van der Waals surface area contributed by atoms with E-state index in [1.807, 2.05) is 0 Å². The Labute approximate surface area is 118 Å². The molecule has 0 fully saturated rings. The van der Waals surface area contributed by atoms with Gasteiger partial charge in [-0.3, -0.25) is 4.79 Å². The number of nitrogens with two attached hydrogens (primary N) is 1. The van der Waals surface area contributed by atoms with E-state index >= 15 is 0 Å². The highest BCUT2D eigenvalue weighted by Gasteiger charge is 2.11. The minimum absolute atomic E-state index is 0.184.